The summed E-state index contributed by atoms with van der Waals surface area (Å²) in [5, 5.41) is 13.9. The van der Waals surface area contributed by atoms with E-state index in [0.29, 0.717) is 5.76 Å². The molecule has 0 atom stereocenters. The Labute approximate surface area is 155 Å². The Morgan fingerprint density at radius 3 is 2.59 bits per heavy atom. The first-order valence-electron chi connectivity index (χ1n) is 8.57. The van der Waals surface area contributed by atoms with Crippen LogP contribution in [0.15, 0.2) is 59.0 Å². The third-order valence-electron chi connectivity index (χ3n) is 4.67. The number of benzene rings is 2. The lowest BCUT2D eigenvalue weighted by Gasteiger charge is -2.05. The normalized spacial score (nSPS) is 11.1. The zero-order valence-electron chi connectivity index (χ0n) is 14.7. The van der Waals surface area contributed by atoms with Crippen molar-refractivity contribution in [1.82, 2.24) is 9.88 Å². The number of amides is 1. The van der Waals surface area contributed by atoms with E-state index in [1.165, 1.54) is 6.07 Å². The average molecular weight is 362 g/mol. The highest BCUT2D eigenvalue weighted by atomic mass is 16.4. The zero-order valence-corrected chi connectivity index (χ0v) is 14.7. The van der Waals surface area contributed by atoms with Crippen LogP contribution in [0.3, 0.4) is 0 Å². The summed E-state index contributed by atoms with van der Waals surface area (Å²) in [4.78, 5) is 23.1. The summed E-state index contributed by atoms with van der Waals surface area (Å²) in [7, 11) is 2.03. The van der Waals surface area contributed by atoms with Crippen molar-refractivity contribution in [3.05, 3.63) is 71.7 Å². The van der Waals surface area contributed by atoms with Crippen molar-refractivity contribution in [2.45, 2.75) is 13.0 Å². The molecular formula is C21H18N2O4. The van der Waals surface area contributed by atoms with Gasteiger partial charge >= 0.3 is 5.97 Å². The van der Waals surface area contributed by atoms with Crippen LogP contribution in [-0.4, -0.2) is 21.6 Å². The van der Waals surface area contributed by atoms with Crippen molar-refractivity contribution in [2.75, 3.05) is 0 Å². The van der Waals surface area contributed by atoms with Gasteiger partial charge in [-0.2, -0.15) is 0 Å². The molecule has 6 heteroatoms. The fourth-order valence-electron chi connectivity index (χ4n) is 3.35. The summed E-state index contributed by atoms with van der Waals surface area (Å²) in [6.07, 6.45) is 0.242. The van der Waals surface area contributed by atoms with Crippen LogP contribution in [0.5, 0.6) is 0 Å². The highest BCUT2D eigenvalue weighted by molar-refractivity contribution is 6.08. The van der Waals surface area contributed by atoms with Gasteiger partial charge in [-0.25, -0.2) is 4.79 Å². The van der Waals surface area contributed by atoms with Crippen LogP contribution >= 0.6 is 0 Å². The van der Waals surface area contributed by atoms with Gasteiger partial charge in [-0.3, -0.25) is 4.79 Å². The predicted octanol–water partition coefficient (Wildman–Crippen LogP) is 3.48. The first-order valence-corrected chi connectivity index (χ1v) is 8.57. The molecule has 0 aliphatic rings. The minimum absolute atomic E-state index is 0.138. The largest absolute Gasteiger partial charge is 0.475 e. The van der Waals surface area contributed by atoms with Gasteiger partial charge in [0.15, 0.2) is 0 Å². The fraction of sp³-hybridized carbons (Fsp3) is 0.143. The molecular weight excluding hydrogens is 344 g/mol. The average Bonchev–Trinajstić information content (AvgIpc) is 3.25. The summed E-state index contributed by atoms with van der Waals surface area (Å²) in [5.74, 6) is -1.01. The second-order valence-corrected chi connectivity index (χ2v) is 6.45. The van der Waals surface area contributed by atoms with Gasteiger partial charge in [-0.05, 0) is 35.9 Å². The molecule has 0 radical (unpaired) electrons. The molecule has 0 saturated carbocycles. The minimum atomic E-state index is -1.13. The number of hydrogen-bond acceptors (Lipinski definition) is 3. The molecule has 4 rings (SSSR count). The molecule has 0 fully saturated rings. The molecule has 0 spiro atoms. The standard InChI is InChI=1S/C21H18N2O4/c1-23-17-5-3-2-4-15(17)16-10-13(6-8-18(16)23)11-20(24)22-12-14-7-9-19(27-14)21(25)26/h2-10H,11-12H2,1H3,(H,22,24)(H,25,26). The maximum absolute atomic E-state index is 12.3. The van der Waals surface area contributed by atoms with Gasteiger partial charge in [0.05, 0.1) is 13.0 Å². The number of aromatic carboxylic acids is 1. The van der Waals surface area contributed by atoms with Crippen LogP contribution in [-0.2, 0) is 24.8 Å². The van der Waals surface area contributed by atoms with Crippen molar-refractivity contribution in [3.63, 3.8) is 0 Å². The summed E-state index contributed by atoms with van der Waals surface area (Å²) in [6.45, 7) is 0.155. The quantitative estimate of drug-likeness (QED) is 0.569. The maximum Gasteiger partial charge on any atom is 0.371 e. The Morgan fingerprint density at radius 1 is 1.04 bits per heavy atom. The predicted molar refractivity (Wildman–Crippen MR) is 102 cm³/mol. The molecule has 1 amide bonds. The number of aromatic nitrogens is 1. The van der Waals surface area contributed by atoms with E-state index in [9.17, 15) is 9.59 Å². The van der Waals surface area contributed by atoms with Crippen LogP contribution in [0.2, 0.25) is 0 Å². The molecule has 2 heterocycles. The lowest BCUT2D eigenvalue weighted by atomic mass is 10.1. The van der Waals surface area contributed by atoms with Gasteiger partial charge in [0.2, 0.25) is 11.7 Å². The summed E-state index contributed by atoms with van der Waals surface area (Å²) < 4.78 is 7.28. The highest BCUT2D eigenvalue weighted by Gasteiger charge is 2.12. The molecule has 0 aliphatic carbocycles. The van der Waals surface area contributed by atoms with Crippen molar-refractivity contribution in [3.8, 4) is 0 Å². The monoisotopic (exact) mass is 362 g/mol. The number of carbonyl (C=O) groups excluding carboxylic acids is 1. The van der Waals surface area contributed by atoms with Crippen LogP contribution in [0, 0.1) is 0 Å². The van der Waals surface area contributed by atoms with Gasteiger partial charge < -0.3 is 19.4 Å². The zero-order chi connectivity index (χ0) is 19.0. The Morgan fingerprint density at radius 2 is 1.81 bits per heavy atom. The molecule has 0 bridgehead atoms. The number of nitrogens with zero attached hydrogens (tertiary/aromatic N) is 1. The maximum atomic E-state index is 12.3. The second kappa shape index (κ2) is 6.64. The first-order chi connectivity index (χ1) is 13.0. The van der Waals surface area contributed by atoms with E-state index in [1.807, 2.05) is 37.4 Å². The van der Waals surface area contributed by atoms with E-state index in [1.54, 1.807) is 6.07 Å². The van der Waals surface area contributed by atoms with E-state index in [2.05, 4.69) is 22.0 Å². The van der Waals surface area contributed by atoms with Crippen molar-refractivity contribution >= 4 is 33.7 Å². The minimum Gasteiger partial charge on any atom is -0.475 e. The number of rotatable bonds is 5. The van der Waals surface area contributed by atoms with Gasteiger partial charge in [0.1, 0.15) is 5.76 Å². The molecule has 2 N–H and O–H groups in total. The molecule has 27 heavy (non-hydrogen) atoms. The van der Waals surface area contributed by atoms with Crippen LogP contribution in [0.4, 0.5) is 0 Å². The topological polar surface area (TPSA) is 84.5 Å². The molecule has 4 aromatic rings. The summed E-state index contributed by atoms with van der Waals surface area (Å²) in [6, 6.07) is 17.1. The smallest absolute Gasteiger partial charge is 0.371 e. The second-order valence-electron chi connectivity index (χ2n) is 6.45. The highest BCUT2D eigenvalue weighted by Crippen LogP contribution is 2.28. The fourth-order valence-corrected chi connectivity index (χ4v) is 3.35. The van der Waals surface area contributed by atoms with Crippen LogP contribution < -0.4 is 5.32 Å². The van der Waals surface area contributed by atoms with Gasteiger partial charge in [-0.1, -0.05) is 24.3 Å². The Balaban J connectivity index is 1.50. The third kappa shape index (κ3) is 3.17. The number of carbonyl (C=O) groups is 2. The van der Waals surface area contributed by atoms with E-state index in [0.717, 1.165) is 27.4 Å². The lowest BCUT2D eigenvalue weighted by Crippen LogP contribution is -2.24. The molecule has 0 saturated heterocycles. The number of carboxylic acids is 1. The lowest BCUT2D eigenvalue weighted by molar-refractivity contribution is -0.120. The van der Waals surface area contributed by atoms with Gasteiger partial charge in [0, 0.05) is 28.9 Å². The number of hydrogen-bond donors (Lipinski definition) is 2. The molecule has 2 aromatic heterocycles. The number of para-hydroxylation sites is 1. The molecule has 0 unspecified atom stereocenters. The summed E-state index contributed by atoms with van der Waals surface area (Å²) in [5.41, 5.74) is 3.19. The Kier molecular flexibility index (Phi) is 4.16. The van der Waals surface area contributed by atoms with Crippen molar-refractivity contribution in [2.24, 2.45) is 7.05 Å². The van der Waals surface area contributed by atoms with Gasteiger partial charge in [-0.15, -0.1) is 0 Å². The SMILES string of the molecule is Cn1c2ccccc2c2cc(CC(=O)NCc3ccc(C(=O)O)o3)ccc21. The number of nitrogens with one attached hydrogen (secondary N) is 1. The third-order valence-corrected chi connectivity index (χ3v) is 4.67. The van der Waals surface area contributed by atoms with E-state index >= 15 is 0 Å². The van der Waals surface area contributed by atoms with E-state index in [-0.39, 0.29) is 24.6 Å². The van der Waals surface area contributed by atoms with Crippen molar-refractivity contribution < 1.29 is 19.1 Å². The molecule has 2 aromatic carbocycles. The summed E-state index contributed by atoms with van der Waals surface area (Å²) >= 11 is 0. The molecule has 136 valence electrons. The van der Waals surface area contributed by atoms with E-state index in [4.69, 9.17) is 9.52 Å². The molecule has 6 nitrogen and oxygen atoms in total. The Hall–Kier alpha value is -3.54. The number of furan rings is 1. The number of fused-ring (bicyclic) bond motifs is 3. The van der Waals surface area contributed by atoms with Crippen LogP contribution in [0.25, 0.3) is 21.8 Å². The van der Waals surface area contributed by atoms with Crippen molar-refractivity contribution in [1.29, 1.82) is 0 Å². The van der Waals surface area contributed by atoms with Crippen LogP contribution in [0.1, 0.15) is 21.9 Å². The van der Waals surface area contributed by atoms with Gasteiger partial charge in [0.25, 0.3) is 0 Å². The molecule has 0 aliphatic heterocycles. The Bertz CT molecular complexity index is 1170. The van der Waals surface area contributed by atoms with E-state index < -0.39 is 5.97 Å². The number of carboxylic acid groups (broad SMARTS) is 1. The number of aryl methyl sites for hydroxylation is 1. The first kappa shape index (κ1) is 16.9.